The molecule has 0 saturated carbocycles. The van der Waals surface area contributed by atoms with Gasteiger partial charge in [0.25, 0.3) is 0 Å². The average Bonchev–Trinajstić information content (AvgIpc) is 3.48. The van der Waals surface area contributed by atoms with E-state index in [-0.39, 0.29) is 7.25 Å². The van der Waals surface area contributed by atoms with Crippen molar-refractivity contribution in [1.82, 2.24) is 0 Å². The Morgan fingerprint density at radius 1 is 0.655 bits per heavy atom. The van der Waals surface area contributed by atoms with Crippen molar-refractivity contribution in [3.8, 4) is 11.5 Å². The molecule has 2 aliphatic rings. The van der Waals surface area contributed by atoms with Gasteiger partial charge in [-0.25, -0.2) is 0 Å². The van der Waals surface area contributed by atoms with E-state index in [4.69, 9.17) is 5.63 Å². The van der Waals surface area contributed by atoms with Crippen molar-refractivity contribution in [2.75, 3.05) is 0 Å². The van der Waals surface area contributed by atoms with Crippen molar-refractivity contribution in [2.45, 2.75) is 20.6 Å². The molecule has 0 bridgehead atoms. The monoisotopic (exact) mass is 470 g/mol. The Bertz CT molecular complexity index is 877. The van der Waals surface area contributed by atoms with E-state index in [2.05, 4.69) is 24.3 Å². The van der Waals surface area contributed by atoms with Crippen molar-refractivity contribution >= 4 is 0 Å². The first-order chi connectivity index (χ1) is 14.2. The van der Waals surface area contributed by atoms with Crippen LogP contribution >= 0.6 is 0 Å². The Morgan fingerprint density at radius 2 is 1.07 bits per heavy atom. The molecule has 0 aliphatic heterocycles. The van der Waals surface area contributed by atoms with E-state index >= 15 is 0 Å². The number of allylic oxidation sites excluding steroid dienone is 8. The maximum absolute atomic E-state index is 13.2. The summed E-state index contributed by atoms with van der Waals surface area (Å²) in [6.07, 6.45) is 16.4. The molecule has 0 amide bonds. The molecule has 0 unspecified atom stereocenters. The summed E-state index contributed by atoms with van der Waals surface area (Å²) >= 11 is -4.06. The van der Waals surface area contributed by atoms with Gasteiger partial charge in [-0.1, -0.05) is 0 Å². The van der Waals surface area contributed by atoms with E-state index in [1.807, 2.05) is 36.4 Å². The number of hydrogen-bond donors (Lipinski definition) is 0. The second kappa shape index (κ2) is 9.04. The van der Waals surface area contributed by atoms with Gasteiger partial charge in [-0.05, 0) is 0 Å². The molecule has 2 aromatic carbocycles. The average molecular weight is 472 g/mol. The summed E-state index contributed by atoms with van der Waals surface area (Å²) in [6.45, 7) is -1.10. The second-order valence-corrected chi connectivity index (χ2v) is 14.9. The number of benzene rings is 2. The van der Waals surface area contributed by atoms with Gasteiger partial charge in [0, 0.05) is 0 Å². The Labute approximate surface area is 175 Å². The molecular weight excluding hydrogens is 449 g/mol. The van der Waals surface area contributed by atoms with Crippen molar-refractivity contribution in [2.24, 2.45) is 0 Å². The van der Waals surface area contributed by atoms with E-state index in [1.165, 1.54) is 0 Å². The first-order valence-electron chi connectivity index (χ1n) is 9.61. The quantitative estimate of drug-likeness (QED) is 0.417. The zero-order chi connectivity index (χ0) is 20.1. The van der Waals surface area contributed by atoms with Crippen LogP contribution in [0.15, 0.2) is 97.1 Å². The number of alkyl halides is 2. The molecule has 0 heterocycles. The third-order valence-corrected chi connectivity index (χ3v) is 14.3. The standard InChI is InChI=1S/2C7H7FO.2C5H5.Zr/c2*8-5-6-2-1-3-7(9)4-6;2*1-2-4-5-3-1;/h2*1-4,9H,5H2;2*1-5H;/q;;;;+2/p-2. The summed E-state index contributed by atoms with van der Waals surface area (Å²) in [5.41, 5.74) is 1.13. The van der Waals surface area contributed by atoms with Crippen molar-refractivity contribution < 1.29 is 35.6 Å². The van der Waals surface area contributed by atoms with Crippen LogP contribution in [0.3, 0.4) is 0 Å². The fourth-order valence-corrected chi connectivity index (χ4v) is 12.4. The predicted octanol–water partition coefficient (Wildman–Crippen LogP) is 6.90. The summed E-state index contributed by atoms with van der Waals surface area (Å²) in [7, 11) is 0. The van der Waals surface area contributed by atoms with Crippen LogP contribution in [0, 0.1) is 0 Å². The van der Waals surface area contributed by atoms with E-state index < -0.39 is 34.5 Å². The predicted molar refractivity (Wildman–Crippen MR) is 108 cm³/mol. The van der Waals surface area contributed by atoms with Crippen LogP contribution in [0.2, 0.25) is 7.25 Å². The van der Waals surface area contributed by atoms with Crippen LogP contribution in [-0.2, 0) is 34.5 Å². The molecule has 0 atom stereocenters. The number of rotatable bonds is 8. The van der Waals surface area contributed by atoms with E-state index in [1.54, 1.807) is 36.4 Å². The summed E-state index contributed by atoms with van der Waals surface area (Å²) in [6, 6.07) is 14.2. The molecule has 148 valence electrons. The van der Waals surface area contributed by atoms with E-state index in [0.717, 1.165) is 0 Å². The minimum absolute atomic E-state index is 0.0183. The number of hydrogen-bond acceptors (Lipinski definition) is 2. The fourth-order valence-electron chi connectivity index (χ4n) is 3.67. The molecule has 2 aliphatic carbocycles. The minimum atomic E-state index is -4.06. The first-order valence-corrected chi connectivity index (χ1v) is 14.5. The van der Waals surface area contributed by atoms with E-state index in [9.17, 15) is 8.78 Å². The summed E-state index contributed by atoms with van der Waals surface area (Å²) in [5, 5.41) is 0. The van der Waals surface area contributed by atoms with Crippen molar-refractivity contribution in [3.05, 3.63) is 108 Å². The molecule has 0 spiro atoms. The molecule has 5 heteroatoms. The zero-order valence-corrected chi connectivity index (χ0v) is 18.3. The third-order valence-electron chi connectivity index (χ3n) is 5.09. The van der Waals surface area contributed by atoms with Gasteiger partial charge >= 0.3 is 176 Å². The fraction of sp³-hybridized carbons (Fsp3) is 0.167. The SMILES string of the molecule is FCc1cccc([O][Zr]([O]c2cccc(CF)c2)([CH]2C=CC=C2)[CH]2C=CC=C2)c1. The molecular formula is C24H22F2O2Zr. The van der Waals surface area contributed by atoms with Gasteiger partial charge in [0.15, 0.2) is 0 Å². The Hall–Kier alpha value is -2.26. The van der Waals surface area contributed by atoms with Crippen molar-refractivity contribution in [3.63, 3.8) is 0 Å². The van der Waals surface area contributed by atoms with Crippen LogP contribution in [0.5, 0.6) is 11.5 Å². The summed E-state index contributed by atoms with van der Waals surface area (Å²) in [5.74, 6) is 1.22. The van der Waals surface area contributed by atoms with Crippen LogP contribution in [0.4, 0.5) is 8.78 Å². The van der Waals surface area contributed by atoms with Crippen molar-refractivity contribution in [1.29, 1.82) is 0 Å². The van der Waals surface area contributed by atoms with Gasteiger partial charge in [-0.2, -0.15) is 0 Å². The van der Waals surface area contributed by atoms with Gasteiger partial charge in [-0.3, -0.25) is 0 Å². The molecule has 0 aromatic heterocycles. The molecule has 0 N–H and O–H groups in total. The van der Waals surface area contributed by atoms with Gasteiger partial charge in [0.1, 0.15) is 0 Å². The molecule has 0 radical (unpaired) electrons. The van der Waals surface area contributed by atoms with Gasteiger partial charge < -0.3 is 0 Å². The Morgan fingerprint density at radius 3 is 1.45 bits per heavy atom. The van der Waals surface area contributed by atoms with Gasteiger partial charge in [-0.15, -0.1) is 0 Å². The molecule has 2 nitrogen and oxygen atoms in total. The van der Waals surface area contributed by atoms with Crippen LogP contribution < -0.4 is 5.63 Å². The Kier molecular flexibility index (Phi) is 6.25. The normalized spacial score (nSPS) is 16.1. The second-order valence-electron chi connectivity index (χ2n) is 7.08. The zero-order valence-electron chi connectivity index (χ0n) is 15.9. The van der Waals surface area contributed by atoms with E-state index in [0.29, 0.717) is 22.6 Å². The molecule has 0 fully saturated rings. The van der Waals surface area contributed by atoms with Gasteiger partial charge in [0.05, 0.1) is 0 Å². The molecule has 4 rings (SSSR count). The van der Waals surface area contributed by atoms with Crippen LogP contribution in [-0.4, -0.2) is 0 Å². The molecule has 2 aromatic rings. The topological polar surface area (TPSA) is 18.5 Å². The summed E-state index contributed by atoms with van der Waals surface area (Å²) < 4.78 is 39.9. The third kappa shape index (κ3) is 4.35. The van der Waals surface area contributed by atoms with Crippen LogP contribution in [0.1, 0.15) is 11.1 Å². The molecule has 0 saturated heterocycles. The number of halogens is 2. The van der Waals surface area contributed by atoms with Crippen LogP contribution in [0.25, 0.3) is 0 Å². The van der Waals surface area contributed by atoms with Gasteiger partial charge in [0.2, 0.25) is 0 Å². The maximum atomic E-state index is 13.2. The first kappa shape index (κ1) is 20.0. The molecule has 29 heavy (non-hydrogen) atoms. The Balaban J connectivity index is 1.78. The summed E-state index contributed by atoms with van der Waals surface area (Å²) in [4.78, 5) is 0.